The minimum absolute atomic E-state index is 0.0144. The van der Waals surface area contributed by atoms with Crippen LogP contribution in [0.15, 0.2) is 47.3 Å². The van der Waals surface area contributed by atoms with Crippen molar-refractivity contribution in [2.24, 2.45) is 16.7 Å². The third-order valence-electron chi connectivity index (χ3n) is 8.30. The van der Waals surface area contributed by atoms with Crippen LogP contribution in [0.2, 0.25) is 0 Å². The molecule has 1 unspecified atom stereocenters. The van der Waals surface area contributed by atoms with Crippen LogP contribution < -0.4 is 9.48 Å². The van der Waals surface area contributed by atoms with E-state index < -0.39 is 5.92 Å². The number of alkyl halides is 3. The molecule has 254 valence electrons. The number of benzene rings is 2. The lowest BCUT2D eigenvalue weighted by Crippen LogP contribution is -2.36. The van der Waals surface area contributed by atoms with Gasteiger partial charge in [-0.3, -0.25) is 9.59 Å². The molecule has 0 aliphatic carbocycles. The highest BCUT2D eigenvalue weighted by atomic mass is 127. The third-order valence-corrected chi connectivity index (χ3v) is 9.71. The Labute approximate surface area is 291 Å². The number of rotatable bonds is 15. The largest absolute Gasteiger partial charge is 0.494 e. The number of carbonyl (C=O) groups excluding carboxylic acids is 1. The second-order valence-corrected chi connectivity index (χ2v) is 19.0. The minimum atomic E-state index is -3.08. The molecule has 1 atom stereocenters. The van der Waals surface area contributed by atoms with Crippen LogP contribution in [0.4, 0.5) is 8.78 Å². The van der Waals surface area contributed by atoms with Gasteiger partial charge in [-0.25, -0.2) is 8.78 Å². The lowest BCUT2D eigenvalue weighted by Gasteiger charge is -2.34. The predicted octanol–water partition coefficient (Wildman–Crippen LogP) is 11.4. The van der Waals surface area contributed by atoms with Crippen LogP contribution in [0.1, 0.15) is 106 Å². The Morgan fingerprint density at radius 2 is 1.63 bits per heavy atom. The zero-order valence-corrected chi connectivity index (χ0v) is 31.9. The molecule has 0 aliphatic rings. The van der Waals surface area contributed by atoms with Gasteiger partial charge in [0.25, 0.3) is 5.92 Å². The number of ether oxygens (including phenoxy) is 2. The summed E-state index contributed by atoms with van der Waals surface area (Å²) in [6, 6.07) is 12.3. The lowest BCUT2D eigenvalue weighted by atomic mass is 9.76. The van der Waals surface area contributed by atoms with Crippen LogP contribution in [0.25, 0.3) is 21.2 Å². The summed E-state index contributed by atoms with van der Waals surface area (Å²) < 4.78 is 41.9. The van der Waals surface area contributed by atoms with Crippen LogP contribution in [0.3, 0.4) is 0 Å². The minimum Gasteiger partial charge on any atom is -0.494 e. The first-order valence-electron chi connectivity index (χ1n) is 16.3. The van der Waals surface area contributed by atoms with Gasteiger partial charge in [0.1, 0.15) is 5.75 Å². The van der Waals surface area contributed by atoms with Gasteiger partial charge in [-0.2, -0.15) is 0 Å². The van der Waals surface area contributed by atoms with Gasteiger partial charge in [0, 0.05) is 31.6 Å². The summed E-state index contributed by atoms with van der Waals surface area (Å²) in [7, 11) is 0. The number of aryl methyl sites for hydroxylation is 1. The maximum absolute atomic E-state index is 14.8. The number of unbranched alkanes of at least 4 members (excludes halogenated alkanes) is 2. The summed E-state index contributed by atoms with van der Waals surface area (Å²) in [5.41, 5.74) is 0.833. The Hall–Kier alpha value is -2.07. The fourth-order valence-electron chi connectivity index (χ4n) is 5.41. The average molecular weight is 769 g/mol. The van der Waals surface area contributed by atoms with E-state index in [1.807, 2.05) is 24.3 Å². The zero-order valence-electron chi connectivity index (χ0n) is 29.0. The molecular formula is C38H51F2IO4S. The number of hydrogen-bond donors (Lipinski definition) is 0. The quantitative estimate of drug-likeness (QED) is 0.0669. The Bertz CT molecular complexity index is 1540. The molecule has 0 spiro atoms. The Morgan fingerprint density at radius 3 is 2.24 bits per heavy atom. The van der Waals surface area contributed by atoms with Crippen molar-refractivity contribution in [1.29, 1.82) is 0 Å². The van der Waals surface area contributed by atoms with Crippen molar-refractivity contribution in [3.63, 3.8) is 0 Å². The van der Waals surface area contributed by atoms with E-state index in [1.165, 1.54) is 0 Å². The maximum Gasteiger partial charge on any atom is 0.309 e. The highest BCUT2D eigenvalue weighted by Crippen LogP contribution is 2.39. The molecule has 0 aliphatic heterocycles. The maximum atomic E-state index is 14.8. The molecule has 0 radical (unpaired) electrons. The van der Waals surface area contributed by atoms with Crippen molar-refractivity contribution in [1.82, 2.24) is 0 Å². The first kappa shape index (κ1) is 38.4. The molecule has 3 rings (SSSR count). The summed E-state index contributed by atoms with van der Waals surface area (Å²) in [5.74, 6) is -2.81. The fraction of sp³-hybridized carbons (Fsp3) is 0.579. The summed E-state index contributed by atoms with van der Waals surface area (Å²) >= 11 is 3.42. The van der Waals surface area contributed by atoms with Crippen molar-refractivity contribution >= 4 is 50.0 Å². The Balaban J connectivity index is 1.70. The molecule has 0 bridgehead atoms. The van der Waals surface area contributed by atoms with E-state index in [9.17, 15) is 18.4 Å². The fourth-order valence-corrected chi connectivity index (χ4v) is 6.74. The summed E-state index contributed by atoms with van der Waals surface area (Å²) in [4.78, 5) is 26.4. The molecule has 0 saturated carbocycles. The van der Waals surface area contributed by atoms with Crippen LogP contribution in [-0.2, 0) is 21.9 Å². The molecule has 46 heavy (non-hydrogen) atoms. The highest BCUT2D eigenvalue weighted by molar-refractivity contribution is 14.1. The summed E-state index contributed by atoms with van der Waals surface area (Å²) in [6.07, 6.45) is 5.19. The van der Waals surface area contributed by atoms with E-state index in [-0.39, 0.29) is 47.6 Å². The molecule has 2 aromatic carbocycles. The van der Waals surface area contributed by atoms with Crippen molar-refractivity contribution in [3.8, 4) is 16.9 Å². The standard InChI is InChI=1S/C38H51F2IO4S/c1-10-11-12-13-25-14-17-28(30(20-25)38(9,39)40)29-21-26-15-16-27(22-32(26)46-34(29)43)44-19-18-36(5,6)24-45-33(42)31(35(2,3)4)23-37(7,8)41/h14-17,20-22,31H,10-13,18-19,23-24H2,1-9H3. The number of hydrogen-bond acceptors (Lipinski definition) is 5. The van der Waals surface area contributed by atoms with Crippen molar-refractivity contribution in [2.45, 2.75) is 110 Å². The Kier molecular flexibility index (Phi) is 12.9. The van der Waals surface area contributed by atoms with Gasteiger partial charge in [0.15, 0.2) is 0 Å². The molecular weight excluding hydrogens is 717 g/mol. The number of esters is 1. The topological polar surface area (TPSA) is 52.6 Å². The van der Waals surface area contributed by atoms with Gasteiger partial charge in [-0.1, -0.05) is 114 Å². The van der Waals surface area contributed by atoms with Crippen LogP contribution in [0.5, 0.6) is 5.75 Å². The summed E-state index contributed by atoms with van der Waals surface area (Å²) in [5, 5.41) is 0.791. The first-order valence-corrected chi connectivity index (χ1v) is 18.2. The SMILES string of the molecule is CCCCCc1ccc(-c2cc3ccc(OCCC(C)(C)COC(=O)C(CC(C)(C)I)C(C)(C)C)cc3sc2=O)c(C(C)(F)F)c1. The van der Waals surface area contributed by atoms with Crippen molar-refractivity contribution in [2.75, 3.05) is 13.2 Å². The molecule has 8 heteroatoms. The Morgan fingerprint density at radius 1 is 0.935 bits per heavy atom. The van der Waals surface area contributed by atoms with Crippen molar-refractivity contribution in [3.05, 3.63) is 63.1 Å². The predicted molar refractivity (Wildman–Crippen MR) is 197 cm³/mol. The molecule has 0 fully saturated rings. The van der Waals surface area contributed by atoms with Crippen LogP contribution >= 0.6 is 33.9 Å². The molecule has 1 aromatic heterocycles. The van der Waals surface area contributed by atoms with Crippen LogP contribution in [-0.4, -0.2) is 22.6 Å². The van der Waals surface area contributed by atoms with E-state index >= 15 is 0 Å². The van der Waals surface area contributed by atoms with Crippen molar-refractivity contribution < 1.29 is 23.0 Å². The van der Waals surface area contributed by atoms with E-state index in [2.05, 4.69) is 78.0 Å². The van der Waals surface area contributed by atoms with E-state index in [4.69, 9.17) is 9.47 Å². The monoisotopic (exact) mass is 768 g/mol. The van der Waals surface area contributed by atoms with E-state index in [0.717, 1.165) is 66.0 Å². The molecule has 0 amide bonds. The summed E-state index contributed by atoms with van der Waals surface area (Å²) in [6.45, 7) is 18.3. The second kappa shape index (κ2) is 15.4. The van der Waals surface area contributed by atoms with Gasteiger partial charge in [0.05, 0.1) is 19.1 Å². The molecule has 0 N–H and O–H groups in total. The van der Waals surface area contributed by atoms with E-state index in [0.29, 0.717) is 25.4 Å². The smallest absolute Gasteiger partial charge is 0.309 e. The highest BCUT2D eigenvalue weighted by Gasteiger charge is 2.37. The molecule has 1 heterocycles. The first-order chi connectivity index (χ1) is 21.2. The zero-order chi connectivity index (χ0) is 34.5. The third kappa shape index (κ3) is 11.3. The lowest BCUT2D eigenvalue weighted by molar-refractivity contribution is -0.156. The van der Waals surface area contributed by atoms with Gasteiger partial charge in [-0.05, 0) is 77.9 Å². The average Bonchev–Trinajstić information content (AvgIpc) is 2.93. The van der Waals surface area contributed by atoms with Gasteiger partial charge in [-0.15, -0.1) is 0 Å². The van der Waals surface area contributed by atoms with E-state index in [1.54, 1.807) is 18.2 Å². The van der Waals surface area contributed by atoms with Gasteiger partial charge < -0.3 is 9.47 Å². The van der Waals surface area contributed by atoms with Gasteiger partial charge in [0.2, 0.25) is 4.74 Å². The number of carbonyl (C=O) groups is 1. The molecule has 4 nitrogen and oxygen atoms in total. The van der Waals surface area contributed by atoms with Crippen LogP contribution in [0, 0.1) is 16.7 Å². The molecule has 0 saturated heterocycles. The van der Waals surface area contributed by atoms with Gasteiger partial charge >= 0.3 is 5.97 Å². The normalized spacial score (nSPS) is 13.6. The number of fused-ring (bicyclic) bond motifs is 1. The second-order valence-electron chi connectivity index (χ2n) is 15.1. The molecule has 3 aromatic rings. The number of halogens is 3.